The lowest BCUT2D eigenvalue weighted by atomic mass is 10.1. The number of thiazole rings is 1. The van der Waals surface area contributed by atoms with Gasteiger partial charge in [-0.05, 0) is 19.4 Å². The highest BCUT2D eigenvalue weighted by Crippen LogP contribution is 2.28. The second-order valence-corrected chi connectivity index (χ2v) is 8.83. The molecule has 10 heteroatoms. The molecular weight excluding hydrogens is 406 g/mol. The van der Waals surface area contributed by atoms with Gasteiger partial charge in [-0.15, -0.1) is 11.3 Å². The molecular formula is C17H14ClN5O2S2. The first-order valence-electron chi connectivity index (χ1n) is 7.90. The number of sulfonamides is 1. The van der Waals surface area contributed by atoms with E-state index in [0.29, 0.717) is 16.4 Å². The first kappa shape index (κ1) is 17.9. The minimum Gasteiger partial charge on any atom is -0.255 e. The molecule has 1 N–H and O–H groups in total. The number of halogens is 1. The van der Waals surface area contributed by atoms with Gasteiger partial charge < -0.3 is 0 Å². The van der Waals surface area contributed by atoms with E-state index in [4.69, 9.17) is 11.6 Å². The molecule has 27 heavy (non-hydrogen) atoms. The molecule has 0 fully saturated rings. The molecule has 0 unspecified atom stereocenters. The molecule has 138 valence electrons. The summed E-state index contributed by atoms with van der Waals surface area (Å²) in [5, 5.41) is 6.66. The van der Waals surface area contributed by atoms with Crippen LogP contribution in [0.4, 0.5) is 5.13 Å². The summed E-state index contributed by atoms with van der Waals surface area (Å²) in [4.78, 5) is 8.48. The van der Waals surface area contributed by atoms with Crippen molar-refractivity contribution in [3.8, 4) is 11.3 Å². The third kappa shape index (κ3) is 3.29. The summed E-state index contributed by atoms with van der Waals surface area (Å²) < 4.78 is 29.2. The predicted octanol–water partition coefficient (Wildman–Crippen LogP) is 3.92. The molecule has 0 aliphatic rings. The number of rotatable bonds is 4. The fraction of sp³-hybridized carbons (Fsp3) is 0.118. The smallest absolute Gasteiger partial charge is 0.255 e. The van der Waals surface area contributed by atoms with E-state index >= 15 is 0 Å². The van der Waals surface area contributed by atoms with Gasteiger partial charge in [-0.2, -0.15) is 5.10 Å². The van der Waals surface area contributed by atoms with Crippen molar-refractivity contribution in [3.63, 3.8) is 0 Å². The first-order chi connectivity index (χ1) is 12.8. The molecule has 0 saturated carbocycles. The number of anilines is 1. The molecule has 0 spiro atoms. The zero-order valence-electron chi connectivity index (χ0n) is 14.3. The van der Waals surface area contributed by atoms with Crippen LogP contribution in [0.2, 0.25) is 5.02 Å². The zero-order valence-corrected chi connectivity index (χ0v) is 16.7. The average Bonchev–Trinajstić information content (AvgIpc) is 3.19. The van der Waals surface area contributed by atoms with Gasteiger partial charge in [0.05, 0.1) is 23.8 Å². The average molecular weight is 420 g/mol. The molecule has 0 saturated heterocycles. The minimum atomic E-state index is -3.86. The minimum absolute atomic E-state index is 0.0261. The van der Waals surface area contributed by atoms with E-state index in [1.807, 2.05) is 36.6 Å². The van der Waals surface area contributed by atoms with Crippen LogP contribution in [0.1, 0.15) is 11.3 Å². The van der Waals surface area contributed by atoms with Crippen LogP contribution in [0.15, 0.2) is 46.9 Å². The zero-order chi connectivity index (χ0) is 19.2. The van der Waals surface area contributed by atoms with Gasteiger partial charge in [-0.25, -0.2) is 22.9 Å². The summed E-state index contributed by atoms with van der Waals surface area (Å²) in [7, 11) is -3.86. The van der Waals surface area contributed by atoms with Crippen molar-refractivity contribution in [1.82, 2.24) is 19.6 Å². The number of nitrogens with one attached hydrogen (secondary N) is 1. The SMILES string of the molecule is Cc1ccccc1-c1csc(NS(=O)(=O)c2cnc3c(Cl)c(C)nn3c2)n1. The number of aryl methyl sites for hydroxylation is 2. The van der Waals surface area contributed by atoms with Gasteiger partial charge in [0.2, 0.25) is 0 Å². The molecule has 0 aliphatic heterocycles. The Bertz CT molecular complexity index is 1260. The van der Waals surface area contributed by atoms with Gasteiger partial charge in [-0.1, -0.05) is 35.9 Å². The molecule has 4 aromatic rings. The van der Waals surface area contributed by atoms with Gasteiger partial charge in [0.15, 0.2) is 10.8 Å². The third-order valence-corrected chi connectivity index (χ3v) is 6.63. The first-order valence-corrected chi connectivity index (χ1v) is 10.6. The summed E-state index contributed by atoms with van der Waals surface area (Å²) >= 11 is 7.31. The number of nitrogens with zero attached hydrogens (tertiary/aromatic N) is 4. The van der Waals surface area contributed by atoms with Crippen molar-refractivity contribution >= 4 is 43.7 Å². The van der Waals surface area contributed by atoms with Crippen molar-refractivity contribution in [3.05, 3.63) is 58.3 Å². The van der Waals surface area contributed by atoms with Crippen LogP contribution >= 0.6 is 22.9 Å². The quantitative estimate of drug-likeness (QED) is 0.541. The maximum Gasteiger partial charge on any atom is 0.266 e. The Hall–Kier alpha value is -2.49. The van der Waals surface area contributed by atoms with E-state index in [2.05, 4.69) is 19.8 Å². The second kappa shape index (κ2) is 6.59. The molecule has 3 heterocycles. The standard InChI is InChI=1S/C17H14ClN5O2S2/c1-10-5-3-4-6-13(10)14-9-26-17(20-14)22-27(24,25)12-7-19-16-15(18)11(2)21-23(16)8-12/h3-9H,1-2H3,(H,20,22). The molecule has 0 aliphatic carbocycles. The van der Waals surface area contributed by atoms with Crippen molar-refractivity contribution in [2.75, 3.05) is 4.72 Å². The fourth-order valence-electron chi connectivity index (χ4n) is 2.62. The summed E-state index contributed by atoms with van der Waals surface area (Å²) in [5.41, 5.74) is 3.74. The van der Waals surface area contributed by atoms with E-state index in [1.54, 1.807) is 6.92 Å². The van der Waals surface area contributed by atoms with Crippen LogP contribution < -0.4 is 4.72 Å². The Balaban J connectivity index is 1.65. The summed E-state index contributed by atoms with van der Waals surface area (Å²) in [6.07, 6.45) is 2.62. The maximum absolute atomic E-state index is 12.7. The van der Waals surface area contributed by atoms with Crippen LogP contribution in [0.25, 0.3) is 16.9 Å². The highest BCUT2D eigenvalue weighted by atomic mass is 35.5. The summed E-state index contributed by atoms with van der Waals surface area (Å²) in [6.45, 7) is 3.71. The topological polar surface area (TPSA) is 89.2 Å². The molecule has 3 aromatic heterocycles. The normalized spacial score (nSPS) is 11.8. The number of hydrogen-bond acceptors (Lipinski definition) is 6. The van der Waals surface area contributed by atoms with Gasteiger partial charge in [0.25, 0.3) is 10.0 Å². The number of hydrogen-bond donors (Lipinski definition) is 1. The lowest BCUT2D eigenvalue weighted by molar-refractivity contribution is 0.599. The van der Waals surface area contributed by atoms with Gasteiger partial charge in [-0.3, -0.25) is 4.72 Å². The van der Waals surface area contributed by atoms with Gasteiger partial charge >= 0.3 is 0 Å². The summed E-state index contributed by atoms with van der Waals surface area (Å²) in [5.74, 6) is 0. The molecule has 7 nitrogen and oxygen atoms in total. The molecule has 4 rings (SSSR count). The second-order valence-electron chi connectivity index (χ2n) is 5.92. The Morgan fingerprint density at radius 3 is 2.78 bits per heavy atom. The lowest BCUT2D eigenvalue weighted by Crippen LogP contribution is -2.14. The van der Waals surface area contributed by atoms with Crippen LogP contribution in [-0.2, 0) is 10.0 Å². The van der Waals surface area contributed by atoms with Crippen molar-refractivity contribution in [1.29, 1.82) is 0 Å². The fourth-order valence-corrected chi connectivity index (χ4v) is 4.69. The van der Waals surface area contributed by atoms with E-state index in [9.17, 15) is 8.42 Å². The Morgan fingerprint density at radius 2 is 2.00 bits per heavy atom. The number of aromatic nitrogens is 4. The van der Waals surface area contributed by atoms with E-state index in [-0.39, 0.29) is 10.0 Å². The van der Waals surface area contributed by atoms with E-state index < -0.39 is 10.0 Å². The predicted molar refractivity (Wildman–Crippen MR) is 106 cm³/mol. The molecule has 0 bridgehead atoms. The Labute approximate surface area is 164 Å². The van der Waals surface area contributed by atoms with E-state index in [0.717, 1.165) is 16.8 Å². The van der Waals surface area contributed by atoms with Crippen LogP contribution in [0.3, 0.4) is 0 Å². The molecule has 0 atom stereocenters. The van der Waals surface area contributed by atoms with Gasteiger partial charge in [0, 0.05) is 10.9 Å². The lowest BCUT2D eigenvalue weighted by Gasteiger charge is -2.05. The highest BCUT2D eigenvalue weighted by Gasteiger charge is 2.19. The van der Waals surface area contributed by atoms with E-state index in [1.165, 1.54) is 28.2 Å². The molecule has 0 amide bonds. The Kier molecular flexibility index (Phi) is 4.37. The molecule has 0 radical (unpaired) electrons. The third-order valence-electron chi connectivity index (χ3n) is 4.01. The largest absolute Gasteiger partial charge is 0.266 e. The highest BCUT2D eigenvalue weighted by molar-refractivity contribution is 7.93. The number of benzene rings is 1. The van der Waals surface area contributed by atoms with Crippen molar-refractivity contribution in [2.45, 2.75) is 18.7 Å². The van der Waals surface area contributed by atoms with Gasteiger partial charge in [0.1, 0.15) is 9.92 Å². The number of fused-ring (bicyclic) bond motifs is 1. The maximum atomic E-state index is 12.7. The molecule has 1 aromatic carbocycles. The van der Waals surface area contributed by atoms with Crippen LogP contribution in [0.5, 0.6) is 0 Å². The van der Waals surface area contributed by atoms with Crippen LogP contribution in [-0.4, -0.2) is 28.0 Å². The van der Waals surface area contributed by atoms with Crippen LogP contribution in [0, 0.1) is 13.8 Å². The van der Waals surface area contributed by atoms with Crippen molar-refractivity contribution in [2.24, 2.45) is 0 Å². The monoisotopic (exact) mass is 419 g/mol. The Morgan fingerprint density at radius 1 is 1.22 bits per heavy atom. The summed E-state index contributed by atoms with van der Waals surface area (Å²) in [6, 6.07) is 7.80. The van der Waals surface area contributed by atoms with Crippen molar-refractivity contribution < 1.29 is 8.42 Å².